The molecule has 0 saturated heterocycles. The van der Waals surface area contributed by atoms with E-state index in [0.717, 1.165) is 0 Å². The van der Waals surface area contributed by atoms with Gasteiger partial charge in [0.25, 0.3) is 5.56 Å². The zero-order chi connectivity index (χ0) is 10.9. The van der Waals surface area contributed by atoms with Gasteiger partial charge in [0.05, 0.1) is 0 Å². The quantitative estimate of drug-likeness (QED) is 0.722. The second kappa shape index (κ2) is 3.28. The first-order chi connectivity index (χ1) is 6.31. The second-order valence-electron chi connectivity index (χ2n) is 2.16. The van der Waals surface area contributed by atoms with Crippen molar-refractivity contribution in [2.45, 2.75) is 6.36 Å². The van der Waals surface area contributed by atoms with E-state index in [1.807, 2.05) is 0 Å². The van der Waals surface area contributed by atoms with Gasteiger partial charge in [0.15, 0.2) is 5.82 Å². The number of aromatic nitrogens is 1. The Balaban J connectivity index is 3.20. The molecule has 1 aromatic heterocycles. The molecule has 0 aliphatic carbocycles. The highest BCUT2D eigenvalue weighted by Gasteiger charge is 2.34. The van der Waals surface area contributed by atoms with Crippen LogP contribution in [-0.4, -0.2) is 11.3 Å². The average molecular weight is 215 g/mol. The molecule has 0 saturated carbocycles. The van der Waals surface area contributed by atoms with Crippen molar-refractivity contribution in [1.29, 1.82) is 0 Å². The van der Waals surface area contributed by atoms with Gasteiger partial charge < -0.3 is 9.72 Å². The summed E-state index contributed by atoms with van der Waals surface area (Å²) in [4.78, 5) is 12.0. The smallest absolute Gasteiger partial charge is 0.399 e. The number of alkyl halides is 3. The SMILES string of the molecule is O=c1[nH]cc(F)c(OC(F)(F)F)c1F. The Kier molecular flexibility index (Phi) is 2.45. The van der Waals surface area contributed by atoms with E-state index >= 15 is 0 Å². The first kappa shape index (κ1) is 10.5. The van der Waals surface area contributed by atoms with Crippen molar-refractivity contribution in [2.24, 2.45) is 0 Å². The number of H-pyrrole nitrogens is 1. The Bertz CT molecular complexity index is 396. The van der Waals surface area contributed by atoms with Gasteiger partial charge in [-0.15, -0.1) is 13.2 Å². The summed E-state index contributed by atoms with van der Waals surface area (Å²) in [5, 5.41) is 0. The lowest BCUT2D eigenvalue weighted by Crippen LogP contribution is -2.22. The van der Waals surface area contributed by atoms with Gasteiger partial charge in [0.2, 0.25) is 11.6 Å². The third kappa shape index (κ3) is 2.21. The van der Waals surface area contributed by atoms with Crippen LogP contribution in [0.15, 0.2) is 11.0 Å². The largest absolute Gasteiger partial charge is 0.573 e. The summed E-state index contributed by atoms with van der Waals surface area (Å²) < 4.78 is 62.8. The van der Waals surface area contributed by atoms with Crippen LogP contribution in [-0.2, 0) is 0 Å². The van der Waals surface area contributed by atoms with Gasteiger partial charge in [-0.1, -0.05) is 0 Å². The Morgan fingerprint density at radius 2 is 1.86 bits per heavy atom. The first-order valence-electron chi connectivity index (χ1n) is 3.13. The number of aromatic amines is 1. The number of pyridine rings is 1. The predicted octanol–water partition coefficient (Wildman–Crippen LogP) is 1.55. The van der Waals surface area contributed by atoms with Gasteiger partial charge in [0, 0.05) is 6.20 Å². The minimum absolute atomic E-state index is 0.270. The van der Waals surface area contributed by atoms with Crippen molar-refractivity contribution in [3.05, 3.63) is 28.2 Å². The summed E-state index contributed by atoms with van der Waals surface area (Å²) in [5.41, 5.74) is -1.49. The molecule has 0 aromatic carbocycles. The standard InChI is InChI=1S/C6H2F5NO2/c7-2-1-12-5(13)3(8)4(2)14-6(9,10)11/h1H,(H,12,13). The lowest BCUT2D eigenvalue weighted by atomic mass is 10.4. The van der Waals surface area contributed by atoms with Crippen LogP contribution >= 0.6 is 0 Å². The van der Waals surface area contributed by atoms with E-state index < -0.39 is 29.3 Å². The summed E-state index contributed by atoms with van der Waals surface area (Å²) >= 11 is 0. The lowest BCUT2D eigenvalue weighted by Gasteiger charge is -2.09. The number of ether oxygens (including phenoxy) is 1. The van der Waals surface area contributed by atoms with E-state index in [1.165, 1.54) is 0 Å². The topological polar surface area (TPSA) is 42.1 Å². The Morgan fingerprint density at radius 1 is 1.29 bits per heavy atom. The van der Waals surface area contributed by atoms with Gasteiger partial charge in [0.1, 0.15) is 0 Å². The van der Waals surface area contributed by atoms with E-state index in [1.54, 1.807) is 4.98 Å². The molecule has 0 aliphatic rings. The molecule has 0 aliphatic heterocycles. The normalized spacial score (nSPS) is 11.5. The Morgan fingerprint density at radius 3 is 2.36 bits per heavy atom. The third-order valence-electron chi connectivity index (χ3n) is 1.16. The molecule has 0 radical (unpaired) electrons. The van der Waals surface area contributed by atoms with Gasteiger partial charge in [-0.05, 0) is 0 Å². The van der Waals surface area contributed by atoms with Crippen LogP contribution < -0.4 is 10.3 Å². The van der Waals surface area contributed by atoms with E-state index in [9.17, 15) is 26.7 Å². The number of halogens is 5. The maximum absolute atomic E-state index is 12.6. The molecular formula is C6H2F5NO2. The van der Waals surface area contributed by atoms with Crippen LogP contribution in [0.25, 0.3) is 0 Å². The van der Waals surface area contributed by atoms with E-state index in [2.05, 4.69) is 4.74 Å². The molecule has 0 atom stereocenters. The number of hydrogen-bond donors (Lipinski definition) is 1. The van der Waals surface area contributed by atoms with Crippen molar-refractivity contribution in [2.75, 3.05) is 0 Å². The molecule has 0 fully saturated rings. The molecule has 0 amide bonds. The van der Waals surface area contributed by atoms with Crippen molar-refractivity contribution in [3.63, 3.8) is 0 Å². The monoisotopic (exact) mass is 215 g/mol. The summed E-state index contributed by atoms with van der Waals surface area (Å²) in [6.07, 6.45) is -4.98. The number of rotatable bonds is 1. The molecule has 1 aromatic rings. The first-order valence-corrected chi connectivity index (χ1v) is 3.13. The van der Waals surface area contributed by atoms with Crippen LogP contribution in [0.5, 0.6) is 5.75 Å². The Labute approximate surface area is 73.1 Å². The molecule has 1 N–H and O–H groups in total. The van der Waals surface area contributed by atoms with Crippen LogP contribution in [0.1, 0.15) is 0 Å². The summed E-state index contributed by atoms with van der Waals surface area (Å²) in [7, 11) is 0. The van der Waals surface area contributed by atoms with E-state index in [4.69, 9.17) is 0 Å². The zero-order valence-electron chi connectivity index (χ0n) is 6.28. The van der Waals surface area contributed by atoms with Crippen LogP contribution in [0, 0.1) is 11.6 Å². The van der Waals surface area contributed by atoms with Gasteiger partial charge in [-0.2, -0.15) is 4.39 Å². The molecule has 1 heterocycles. The van der Waals surface area contributed by atoms with E-state index in [0.29, 0.717) is 0 Å². The number of hydrogen-bond acceptors (Lipinski definition) is 2. The highest BCUT2D eigenvalue weighted by Crippen LogP contribution is 2.25. The summed E-state index contributed by atoms with van der Waals surface area (Å²) in [5.74, 6) is -5.36. The van der Waals surface area contributed by atoms with Crippen molar-refractivity contribution in [1.82, 2.24) is 4.98 Å². The fourth-order valence-electron chi connectivity index (χ4n) is 0.675. The molecule has 8 heteroatoms. The number of nitrogens with one attached hydrogen (secondary N) is 1. The maximum Gasteiger partial charge on any atom is 0.573 e. The third-order valence-corrected chi connectivity index (χ3v) is 1.16. The maximum atomic E-state index is 12.6. The molecule has 3 nitrogen and oxygen atoms in total. The van der Waals surface area contributed by atoms with Crippen molar-refractivity contribution >= 4 is 0 Å². The highest BCUT2D eigenvalue weighted by molar-refractivity contribution is 5.22. The highest BCUT2D eigenvalue weighted by atomic mass is 19.4. The average Bonchev–Trinajstić information content (AvgIpc) is 2.04. The fraction of sp³-hybridized carbons (Fsp3) is 0.167. The van der Waals surface area contributed by atoms with Gasteiger partial charge in [-0.25, -0.2) is 4.39 Å². The molecule has 0 bridgehead atoms. The zero-order valence-corrected chi connectivity index (χ0v) is 6.28. The minimum Gasteiger partial charge on any atom is -0.399 e. The summed E-state index contributed by atoms with van der Waals surface area (Å²) in [6.45, 7) is 0. The summed E-state index contributed by atoms with van der Waals surface area (Å²) in [6, 6.07) is 0. The van der Waals surface area contributed by atoms with Crippen molar-refractivity contribution < 1.29 is 26.7 Å². The van der Waals surface area contributed by atoms with Gasteiger partial charge >= 0.3 is 6.36 Å². The molecule has 1 rings (SSSR count). The van der Waals surface area contributed by atoms with Crippen LogP contribution in [0.2, 0.25) is 0 Å². The predicted molar refractivity (Wildman–Crippen MR) is 33.7 cm³/mol. The van der Waals surface area contributed by atoms with Crippen LogP contribution in [0.4, 0.5) is 22.0 Å². The van der Waals surface area contributed by atoms with E-state index in [-0.39, 0.29) is 6.20 Å². The molecule has 0 spiro atoms. The molecule has 0 unspecified atom stereocenters. The van der Waals surface area contributed by atoms with Gasteiger partial charge in [-0.3, -0.25) is 4.79 Å². The lowest BCUT2D eigenvalue weighted by molar-refractivity contribution is -0.276. The fourth-order valence-corrected chi connectivity index (χ4v) is 0.675. The minimum atomic E-state index is -5.25. The van der Waals surface area contributed by atoms with Crippen molar-refractivity contribution in [3.8, 4) is 5.75 Å². The molecule has 78 valence electrons. The molecule has 14 heavy (non-hydrogen) atoms. The van der Waals surface area contributed by atoms with Crippen LogP contribution in [0.3, 0.4) is 0 Å². The second-order valence-corrected chi connectivity index (χ2v) is 2.16. The molecular weight excluding hydrogens is 213 g/mol. The Hall–Kier alpha value is -1.60.